The van der Waals surface area contributed by atoms with Crippen LogP contribution in [0.15, 0.2) is 0 Å². The van der Waals surface area contributed by atoms with Gasteiger partial charge in [0.1, 0.15) is 0 Å². The van der Waals surface area contributed by atoms with E-state index in [1.807, 2.05) is 0 Å². The summed E-state index contributed by atoms with van der Waals surface area (Å²) in [5.41, 5.74) is 0. The average molecular weight is 254 g/mol. The van der Waals surface area contributed by atoms with Crippen LogP contribution >= 0.6 is 0 Å². The summed E-state index contributed by atoms with van der Waals surface area (Å²) in [5.74, 6) is -6.30. The maximum atomic E-state index is 12.8. The fraction of sp³-hybridized carbons (Fsp3) is 0.900. The lowest BCUT2D eigenvalue weighted by Crippen LogP contribution is -2.55. The number of hydrogen-bond acceptors (Lipinski definition) is 2. The predicted octanol–water partition coefficient (Wildman–Crippen LogP) is 1.19. The number of amides is 1. The maximum absolute atomic E-state index is 12.8. The van der Waals surface area contributed by atoms with Crippen molar-refractivity contribution in [3.63, 3.8) is 0 Å². The molecule has 1 saturated carbocycles. The second-order valence-electron chi connectivity index (χ2n) is 4.48. The third-order valence-electron chi connectivity index (χ3n) is 3.22. The van der Waals surface area contributed by atoms with Crippen molar-refractivity contribution < 1.29 is 22.4 Å². The van der Waals surface area contributed by atoms with E-state index in [0.717, 1.165) is 17.7 Å². The largest absolute Gasteiger partial charge is 0.383 e. The summed E-state index contributed by atoms with van der Waals surface area (Å²) in [6, 6.07) is 0.503. The van der Waals surface area contributed by atoms with Crippen molar-refractivity contribution in [2.45, 2.75) is 31.2 Å². The van der Waals surface area contributed by atoms with Gasteiger partial charge in [-0.05, 0) is 12.8 Å². The average Bonchev–Trinajstić information content (AvgIpc) is 3.12. The molecule has 17 heavy (non-hydrogen) atoms. The molecule has 0 radical (unpaired) electrons. The first kappa shape index (κ1) is 12.6. The van der Waals surface area contributed by atoms with E-state index in [-0.39, 0.29) is 13.1 Å². The highest BCUT2D eigenvalue weighted by molar-refractivity contribution is 5.84. The van der Waals surface area contributed by atoms with E-state index in [2.05, 4.69) is 4.90 Å². The summed E-state index contributed by atoms with van der Waals surface area (Å²) >= 11 is 0. The molecule has 1 saturated heterocycles. The Morgan fingerprint density at radius 1 is 1.12 bits per heavy atom. The summed E-state index contributed by atoms with van der Waals surface area (Å²) in [6.45, 7) is 1.21. The molecule has 2 fully saturated rings. The first-order valence-electron chi connectivity index (χ1n) is 5.62. The molecular formula is C10H14F4N2O. The lowest BCUT2D eigenvalue weighted by atomic mass is 10.2. The van der Waals surface area contributed by atoms with Gasteiger partial charge in [-0.3, -0.25) is 9.69 Å². The first-order valence-corrected chi connectivity index (χ1v) is 5.62. The minimum Gasteiger partial charge on any atom is -0.335 e. The van der Waals surface area contributed by atoms with Crippen LogP contribution in [0.2, 0.25) is 0 Å². The monoisotopic (exact) mass is 254 g/mol. The van der Waals surface area contributed by atoms with Gasteiger partial charge in [0.2, 0.25) is 0 Å². The van der Waals surface area contributed by atoms with Crippen molar-refractivity contribution in [3.8, 4) is 0 Å². The topological polar surface area (TPSA) is 23.6 Å². The molecule has 0 aromatic rings. The van der Waals surface area contributed by atoms with E-state index in [4.69, 9.17) is 0 Å². The van der Waals surface area contributed by atoms with E-state index in [9.17, 15) is 22.4 Å². The zero-order chi connectivity index (χ0) is 12.6. The number of carbonyl (C=O) groups is 1. The molecule has 98 valence electrons. The van der Waals surface area contributed by atoms with Gasteiger partial charge < -0.3 is 4.90 Å². The number of carbonyl (C=O) groups excluding carboxylic acids is 1. The summed E-state index contributed by atoms with van der Waals surface area (Å²) in [7, 11) is 0. The Bertz CT molecular complexity index is 299. The molecule has 0 bridgehead atoms. The van der Waals surface area contributed by atoms with Gasteiger partial charge in [0.25, 0.3) is 5.91 Å². The zero-order valence-electron chi connectivity index (χ0n) is 9.21. The van der Waals surface area contributed by atoms with Crippen molar-refractivity contribution >= 4 is 5.91 Å². The Balaban J connectivity index is 1.89. The molecule has 0 N–H and O–H groups in total. The van der Waals surface area contributed by atoms with Crippen molar-refractivity contribution in [3.05, 3.63) is 0 Å². The molecule has 2 aliphatic rings. The fourth-order valence-electron chi connectivity index (χ4n) is 2.03. The minimum absolute atomic E-state index is 0.109. The molecular weight excluding hydrogens is 240 g/mol. The second kappa shape index (κ2) is 4.44. The highest BCUT2D eigenvalue weighted by Gasteiger charge is 2.51. The SMILES string of the molecule is O=C(N1CCN(C2CC2)CC1)C(F)(F)C(F)F. The Hall–Kier alpha value is -0.850. The van der Waals surface area contributed by atoms with Crippen LogP contribution < -0.4 is 0 Å². The molecule has 7 heteroatoms. The van der Waals surface area contributed by atoms with Gasteiger partial charge in [0, 0.05) is 32.2 Å². The molecule has 0 unspecified atom stereocenters. The van der Waals surface area contributed by atoms with Crippen molar-refractivity contribution in [2.75, 3.05) is 26.2 Å². The number of alkyl halides is 4. The summed E-state index contributed by atoms with van der Waals surface area (Å²) in [4.78, 5) is 14.2. The molecule has 3 nitrogen and oxygen atoms in total. The molecule has 1 aliphatic carbocycles. The Kier molecular flexibility index (Phi) is 3.29. The second-order valence-corrected chi connectivity index (χ2v) is 4.48. The van der Waals surface area contributed by atoms with Crippen molar-refractivity contribution in [1.29, 1.82) is 0 Å². The number of hydrogen-bond donors (Lipinski definition) is 0. The van der Waals surface area contributed by atoms with Gasteiger partial charge in [-0.2, -0.15) is 8.78 Å². The minimum atomic E-state index is -4.55. The number of rotatable bonds is 3. The molecule has 0 atom stereocenters. The van der Waals surface area contributed by atoms with Crippen LogP contribution in [-0.2, 0) is 4.79 Å². The molecule has 1 heterocycles. The zero-order valence-corrected chi connectivity index (χ0v) is 9.21. The van der Waals surface area contributed by atoms with Crippen molar-refractivity contribution in [1.82, 2.24) is 9.80 Å². The molecule has 1 aliphatic heterocycles. The van der Waals surface area contributed by atoms with Gasteiger partial charge in [-0.15, -0.1) is 0 Å². The quantitative estimate of drug-likeness (QED) is 0.706. The van der Waals surface area contributed by atoms with E-state index < -0.39 is 18.3 Å². The standard InChI is InChI=1S/C10H14F4N2O/c11-8(12)10(13,14)9(17)16-5-3-15(4-6-16)7-1-2-7/h7-8H,1-6H2. The highest BCUT2D eigenvalue weighted by atomic mass is 19.3. The number of halogens is 4. The van der Waals surface area contributed by atoms with Gasteiger partial charge in [0.15, 0.2) is 0 Å². The molecule has 0 aromatic heterocycles. The van der Waals surface area contributed by atoms with E-state index in [0.29, 0.717) is 19.1 Å². The van der Waals surface area contributed by atoms with Gasteiger partial charge >= 0.3 is 12.3 Å². The van der Waals surface area contributed by atoms with Crippen LogP contribution in [0.1, 0.15) is 12.8 Å². The van der Waals surface area contributed by atoms with E-state index in [1.54, 1.807) is 0 Å². The van der Waals surface area contributed by atoms with Crippen LogP contribution in [0.5, 0.6) is 0 Å². The Labute approximate surface area is 96.4 Å². The first-order chi connectivity index (χ1) is 7.93. The third kappa shape index (κ3) is 2.53. The third-order valence-corrected chi connectivity index (χ3v) is 3.22. The lowest BCUT2D eigenvalue weighted by Gasteiger charge is -2.36. The predicted molar refractivity (Wildman–Crippen MR) is 52.1 cm³/mol. The van der Waals surface area contributed by atoms with Gasteiger partial charge in [-0.1, -0.05) is 0 Å². The Morgan fingerprint density at radius 2 is 1.65 bits per heavy atom. The van der Waals surface area contributed by atoms with Crippen molar-refractivity contribution in [2.24, 2.45) is 0 Å². The smallest absolute Gasteiger partial charge is 0.335 e. The van der Waals surface area contributed by atoms with Crippen LogP contribution in [-0.4, -0.2) is 60.3 Å². The fourth-order valence-corrected chi connectivity index (χ4v) is 2.03. The van der Waals surface area contributed by atoms with Crippen LogP contribution in [0, 0.1) is 0 Å². The van der Waals surface area contributed by atoms with E-state index >= 15 is 0 Å². The Morgan fingerprint density at radius 3 is 2.06 bits per heavy atom. The summed E-state index contributed by atoms with van der Waals surface area (Å²) in [6.07, 6.45) is -1.74. The molecule has 2 rings (SSSR count). The summed E-state index contributed by atoms with van der Waals surface area (Å²) < 4.78 is 49.7. The normalized spacial score (nSPS) is 23.2. The summed E-state index contributed by atoms with van der Waals surface area (Å²) in [5, 5.41) is 0. The number of nitrogens with zero attached hydrogens (tertiary/aromatic N) is 2. The van der Waals surface area contributed by atoms with Gasteiger partial charge in [0.05, 0.1) is 0 Å². The molecule has 0 spiro atoms. The molecule has 1 amide bonds. The van der Waals surface area contributed by atoms with Gasteiger partial charge in [-0.25, -0.2) is 8.78 Å². The highest BCUT2D eigenvalue weighted by Crippen LogP contribution is 2.29. The van der Waals surface area contributed by atoms with E-state index in [1.165, 1.54) is 0 Å². The van der Waals surface area contributed by atoms with Crippen LogP contribution in [0.25, 0.3) is 0 Å². The number of piperazine rings is 1. The van der Waals surface area contributed by atoms with Crippen LogP contribution in [0.4, 0.5) is 17.6 Å². The molecule has 0 aromatic carbocycles. The maximum Gasteiger partial charge on any atom is 0.383 e. The van der Waals surface area contributed by atoms with Crippen LogP contribution in [0.3, 0.4) is 0 Å². The lowest BCUT2D eigenvalue weighted by molar-refractivity contribution is -0.182.